The van der Waals surface area contributed by atoms with Crippen molar-refractivity contribution < 1.29 is 13.9 Å². The van der Waals surface area contributed by atoms with Crippen LogP contribution >= 0.6 is 0 Å². The summed E-state index contributed by atoms with van der Waals surface area (Å²) in [5, 5.41) is 11.1. The van der Waals surface area contributed by atoms with Crippen molar-refractivity contribution in [1.29, 1.82) is 0 Å². The molecular weight excluding hydrogens is 458 g/mol. The zero-order chi connectivity index (χ0) is 25.2. The van der Waals surface area contributed by atoms with Crippen molar-refractivity contribution in [2.45, 2.75) is 57.4 Å². The van der Waals surface area contributed by atoms with Gasteiger partial charge in [-0.2, -0.15) is 0 Å². The summed E-state index contributed by atoms with van der Waals surface area (Å²) < 4.78 is 10.0. The van der Waals surface area contributed by atoms with Gasteiger partial charge in [-0.1, -0.05) is 31.4 Å². The van der Waals surface area contributed by atoms with E-state index in [-0.39, 0.29) is 11.5 Å². The Morgan fingerprint density at radius 3 is 2.61 bits per heavy atom. The SMILES string of the molecule is COc1ccc(-c2nnco2)cc1.O=C(CCCc1nc2ccccc2c(=O)[nH]1)NC1CCCCC1. The number of rotatable bonds is 7. The second-order valence-electron chi connectivity index (χ2n) is 8.76. The molecule has 9 nitrogen and oxygen atoms in total. The lowest BCUT2D eigenvalue weighted by Gasteiger charge is -2.22. The fourth-order valence-electron chi connectivity index (χ4n) is 4.25. The summed E-state index contributed by atoms with van der Waals surface area (Å²) in [6, 6.07) is 15.1. The van der Waals surface area contributed by atoms with Gasteiger partial charge in [-0.15, -0.1) is 10.2 Å². The van der Waals surface area contributed by atoms with E-state index in [1.54, 1.807) is 13.2 Å². The second-order valence-corrected chi connectivity index (χ2v) is 8.76. The predicted octanol–water partition coefficient (Wildman–Crippen LogP) is 4.44. The number of ether oxygens (including phenoxy) is 1. The molecule has 1 amide bonds. The molecule has 1 saturated carbocycles. The lowest BCUT2D eigenvalue weighted by molar-refractivity contribution is -0.122. The van der Waals surface area contributed by atoms with Crippen molar-refractivity contribution in [3.63, 3.8) is 0 Å². The van der Waals surface area contributed by atoms with Crippen LogP contribution in [-0.2, 0) is 11.2 Å². The van der Waals surface area contributed by atoms with E-state index < -0.39 is 0 Å². The number of nitrogens with one attached hydrogen (secondary N) is 2. The average Bonchev–Trinajstić information content (AvgIpc) is 3.45. The normalized spacial score (nSPS) is 13.6. The number of carbonyl (C=O) groups excluding carboxylic acids is 1. The average molecular weight is 490 g/mol. The van der Waals surface area contributed by atoms with Crippen molar-refractivity contribution in [2.75, 3.05) is 7.11 Å². The standard InChI is InChI=1S/C18H23N3O2.C9H8N2O2/c22-17(19-13-7-2-1-3-8-13)12-6-11-16-20-15-10-5-4-9-14(15)18(23)21-16;1-12-8-4-2-7(3-5-8)9-11-10-6-13-9/h4-5,9-10,13H,1-3,6-8,11-12H2,(H,19,22)(H,20,21,23);2-6H,1H3. The molecule has 5 rings (SSSR count). The van der Waals surface area contributed by atoms with Crippen LogP contribution in [0.4, 0.5) is 0 Å². The molecule has 0 aliphatic heterocycles. The molecule has 2 heterocycles. The fourth-order valence-corrected chi connectivity index (χ4v) is 4.25. The van der Waals surface area contributed by atoms with E-state index in [1.165, 1.54) is 25.7 Å². The van der Waals surface area contributed by atoms with E-state index in [9.17, 15) is 9.59 Å². The first-order valence-corrected chi connectivity index (χ1v) is 12.3. The minimum absolute atomic E-state index is 0.111. The summed E-state index contributed by atoms with van der Waals surface area (Å²) in [6.07, 6.45) is 9.01. The molecule has 36 heavy (non-hydrogen) atoms. The number of hydrogen-bond acceptors (Lipinski definition) is 7. The summed E-state index contributed by atoms with van der Waals surface area (Å²) in [5.74, 6) is 2.09. The third kappa shape index (κ3) is 7.00. The smallest absolute Gasteiger partial charge is 0.258 e. The monoisotopic (exact) mass is 489 g/mol. The third-order valence-electron chi connectivity index (χ3n) is 6.15. The summed E-state index contributed by atoms with van der Waals surface area (Å²) in [5.41, 5.74) is 1.48. The molecule has 0 unspecified atom stereocenters. The minimum atomic E-state index is -0.114. The molecule has 0 spiro atoms. The first-order valence-electron chi connectivity index (χ1n) is 12.3. The predicted molar refractivity (Wildman–Crippen MR) is 137 cm³/mol. The molecule has 2 aromatic heterocycles. The summed E-state index contributed by atoms with van der Waals surface area (Å²) in [4.78, 5) is 31.2. The minimum Gasteiger partial charge on any atom is -0.497 e. The van der Waals surface area contributed by atoms with Crippen molar-refractivity contribution in [2.24, 2.45) is 0 Å². The zero-order valence-electron chi connectivity index (χ0n) is 20.4. The van der Waals surface area contributed by atoms with Gasteiger partial charge in [0.15, 0.2) is 0 Å². The molecule has 0 bridgehead atoms. The molecule has 2 N–H and O–H groups in total. The summed E-state index contributed by atoms with van der Waals surface area (Å²) in [6.45, 7) is 0. The Labute approximate surface area is 209 Å². The molecule has 4 aromatic rings. The fraction of sp³-hybridized carbons (Fsp3) is 0.370. The number of hydrogen-bond donors (Lipinski definition) is 2. The number of benzene rings is 2. The van der Waals surface area contributed by atoms with Crippen LogP contribution in [0.2, 0.25) is 0 Å². The third-order valence-corrected chi connectivity index (χ3v) is 6.15. The van der Waals surface area contributed by atoms with Gasteiger partial charge in [-0.05, 0) is 55.7 Å². The van der Waals surface area contributed by atoms with Crippen LogP contribution in [0.3, 0.4) is 0 Å². The molecule has 9 heteroatoms. The van der Waals surface area contributed by atoms with Gasteiger partial charge in [0.25, 0.3) is 5.56 Å². The molecule has 0 radical (unpaired) electrons. The number of methoxy groups -OCH3 is 1. The van der Waals surface area contributed by atoms with Gasteiger partial charge in [0.2, 0.25) is 18.2 Å². The summed E-state index contributed by atoms with van der Waals surface area (Å²) >= 11 is 0. The number of nitrogens with zero attached hydrogens (tertiary/aromatic N) is 3. The van der Waals surface area contributed by atoms with Gasteiger partial charge in [-0.25, -0.2) is 4.98 Å². The van der Waals surface area contributed by atoms with Gasteiger partial charge in [-0.3, -0.25) is 9.59 Å². The first kappa shape index (κ1) is 25.1. The van der Waals surface area contributed by atoms with Crippen molar-refractivity contribution in [3.8, 4) is 17.2 Å². The molecule has 1 aliphatic rings. The molecule has 2 aromatic carbocycles. The van der Waals surface area contributed by atoms with E-state index in [1.807, 2.05) is 42.5 Å². The molecule has 188 valence electrons. The molecule has 1 fully saturated rings. The highest BCUT2D eigenvalue weighted by molar-refractivity contribution is 5.77. The van der Waals surface area contributed by atoms with E-state index in [4.69, 9.17) is 9.15 Å². The Kier molecular flexibility index (Phi) is 8.80. The van der Waals surface area contributed by atoms with Gasteiger partial charge in [0, 0.05) is 24.4 Å². The van der Waals surface area contributed by atoms with Gasteiger partial charge in [0.1, 0.15) is 11.6 Å². The highest BCUT2D eigenvalue weighted by atomic mass is 16.5. The van der Waals surface area contributed by atoms with E-state index in [0.29, 0.717) is 47.9 Å². The van der Waals surface area contributed by atoms with Crippen LogP contribution in [0.5, 0.6) is 5.75 Å². The number of fused-ring (bicyclic) bond motifs is 1. The maximum Gasteiger partial charge on any atom is 0.258 e. The highest BCUT2D eigenvalue weighted by Gasteiger charge is 2.15. The summed E-state index contributed by atoms with van der Waals surface area (Å²) in [7, 11) is 1.63. The number of aryl methyl sites for hydroxylation is 1. The largest absolute Gasteiger partial charge is 0.497 e. The number of aromatic amines is 1. The highest BCUT2D eigenvalue weighted by Crippen LogP contribution is 2.20. The second kappa shape index (κ2) is 12.6. The van der Waals surface area contributed by atoms with E-state index >= 15 is 0 Å². The Morgan fingerprint density at radius 2 is 1.89 bits per heavy atom. The number of H-pyrrole nitrogens is 1. The number of amides is 1. The topological polar surface area (TPSA) is 123 Å². The quantitative estimate of drug-likeness (QED) is 0.393. The Bertz CT molecular complexity index is 1300. The van der Waals surface area contributed by atoms with Crippen LogP contribution in [0.25, 0.3) is 22.4 Å². The Morgan fingerprint density at radius 1 is 1.11 bits per heavy atom. The molecule has 0 saturated heterocycles. The molecule has 0 atom stereocenters. The Balaban J connectivity index is 0.000000197. The van der Waals surface area contributed by atoms with E-state index in [0.717, 1.165) is 24.2 Å². The maximum absolute atomic E-state index is 12.0. The molecule has 1 aliphatic carbocycles. The number of carbonyl (C=O) groups is 1. The van der Waals surface area contributed by atoms with Gasteiger partial charge in [0.05, 0.1) is 18.0 Å². The van der Waals surface area contributed by atoms with Crippen LogP contribution < -0.4 is 15.6 Å². The lowest BCUT2D eigenvalue weighted by atomic mass is 9.95. The number of para-hydroxylation sites is 1. The maximum atomic E-state index is 12.0. The van der Waals surface area contributed by atoms with Crippen molar-refractivity contribution in [3.05, 3.63) is 71.1 Å². The zero-order valence-corrected chi connectivity index (χ0v) is 20.4. The van der Waals surface area contributed by atoms with Crippen LogP contribution in [-0.4, -0.2) is 39.2 Å². The van der Waals surface area contributed by atoms with E-state index in [2.05, 4.69) is 25.5 Å². The van der Waals surface area contributed by atoms with Crippen LogP contribution in [0.15, 0.2) is 64.1 Å². The first-order chi connectivity index (χ1) is 17.6. The lowest BCUT2D eigenvalue weighted by Crippen LogP contribution is -2.36. The molecular formula is C27H31N5O4. The van der Waals surface area contributed by atoms with Gasteiger partial charge < -0.3 is 19.5 Å². The number of aromatic nitrogens is 4. The van der Waals surface area contributed by atoms with Crippen molar-refractivity contribution >= 4 is 16.8 Å². The van der Waals surface area contributed by atoms with Crippen molar-refractivity contribution in [1.82, 2.24) is 25.5 Å². The van der Waals surface area contributed by atoms with Crippen LogP contribution in [0.1, 0.15) is 50.8 Å². The van der Waals surface area contributed by atoms with Crippen LogP contribution in [0, 0.1) is 0 Å². The Hall–Kier alpha value is -4.01. The van der Waals surface area contributed by atoms with Gasteiger partial charge >= 0.3 is 0 Å².